The summed E-state index contributed by atoms with van der Waals surface area (Å²) in [4.78, 5) is 22.8. The van der Waals surface area contributed by atoms with Crippen molar-refractivity contribution in [2.45, 2.75) is 13.0 Å². The number of benzene rings is 1. The van der Waals surface area contributed by atoms with Crippen LogP contribution in [0, 0.1) is 18.7 Å². The molecule has 2 amide bonds. The number of carboxylic acid groups (broad SMARTS) is 1. The van der Waals surface area contributed by atoms with Gasteiger partial charge in [0.2, 0.25) is 0 Å². The first-order chi connectivity index (χ1) is 9.49. The highest BCUT2D eigenvalue weighted by atomic mass is 19.1. The van der Waals surface area contributed by atoms with Crippen molar-refractivity contribution in [2.24, 2.45) is 5.92 Å². The lowest BCUT2D eigenvalue weighted by molar-refractivity contribution is -0.142. The molecule has 2 atom stereocenters. The average Bonchev–Trinajstić information content (AvgIpc) is 2.83. The third kappa shape index (κ3) is 3.05. The van der Waals surface area contributed by atoms with Crippen LogP contribution in [0.15, 0.2) is 18.2 Å². The second kappa shape index (κ2) is 5.87. The molecule has 1 aliphatic rings. The number of ether oxygens (including phenoxy) is 1. The van der Waals surface area contributed by atoms with E-state index in [9.17, 15) is 14.0 Å². The summed E-state index contributed by atoms with van der Waals surface area (Å²) < 4.78 is 18.4. The highest BCUT2D eigenvalue weighted by Crippen LogP contribution is 2.18. The van der Waals surface area contributed by atoms with Gasteiger partial charge >= 0.3 is 12.0 Å². The largest absolute Gasteiger partial charge is 0.481 e. The van der Waals surface area contributed by atoms with Crippen molar-refractivity contribution in [3.8, 4) is 0 Å². The maximum atomic E-state index is 13.3. The van der Waals surface area contributed by atoms with E-state index >= 15 is 0 Å². The molecule has 3 N–H and O–H groups in total. The van der Waals surface area contributed by atoms with Crippen LogP contribution in [0.3, 0.4) is 0 Å². The van der Waals surface area contributed by atoms with Crippen molar-refractivity contribution < 1.29 is 23.8 Å². The lowest BCUT2D eigenvalue weighted by atomic mass is 10.0. The van der Waals surface area contributed by atoms with Crippen LogP contribution in [0.25, 0.3) is 0 Å². The quantitative estimate of drug-likeness (QED) is 0.781. The van der Waals surface area contributed by atoms with Gasteiger partial charge in [-0.15, -0.1) is 0 Å². The molecule has 0 radical (unpaired) electrons. The van der Waals surface area contributed by atoms with Crippen LogP contribution in [-0.4, -0.2) is 36.4 Å². The number of rotatable bonds is 3. The molecule has 0 bridgehead atoms. The SMILES string of the molecule is Cc1c(F)cccc1NC(=O)NC1COCC1C(=O)O. The first kappa shape index (κ1) is 14.3. The predicted octanol–water partition coefficient (Wildman–Crippen LogP) is 1.36. The minimum absolute atomic E-state index is 0.0687. The summed E-state index contributed by atoms with van der Waals surface area (Å²) >= 11 is 0. The van der Waals surface area contributed by atoms with E-state index in [0.29, 0.717) is 11.3 Å². The summed E-state index contributed by atoms with van der Waals surface area (Å²) in [7, 11) is 0. The number of hydrogen-bond acceptors (Lipinski definition) is 3. The van der Waals surface area contributed by atoms with Gasteiger partial charge in [0.1, 0.15) is 11.7 Å². The van der Waals surface area contributed by atoms with E-state index in [1.54, 1.807) is 13.0 Å². The fraction of sp³-hybridized carbons (Fsp3) is 0.385. The molecule has 1 aromatic carbocycles. The molecule has 1 saturated heterocycles. The lowest BCUT2D eigenvalue weighted by Crippen LogP contribution is -2.44. The van der Waals surface area contributed by atoms with Gasteiger partial charge in [-0.3, -0.25) is 4.79 Å². The number of nitrogens with one attached hydrogen (secondary N) is 2. The molecule has 1 aromatic rings. The Labute approximate surface area is 114 Å². The van der Waals surface area contributed by atoms with Crippen molar-refractivity contribution in [1.29, 1.82) is 0 Å². The Balaban J connectivity index is 1.99. The fourth-order valence-electron chi connectivity index (χ4n) is 2.01. The van der Waals surface area contributed by atoms with Gasteiger partial charge in [0.05, 0.1) is 19.3 Å². The molecule has 0 spiro atoms. The summed E-state index contributed by atoms with van der Waals surface area (Å²) in [6.45, 7) is 1.76. The Morgan fingerprint density at radius 3 is 2.85 bits per heavy atom. The minimum Gasteiger partial charge on any atom is -0.481 e. The van der Waals surface area contributed by atoms with Gasteiger partial charge in [0.15, 0.2) is 0 Å². The minimum atomic E-state index is -1.02. The topological polar surface area (TPSA) is 87.7 Å². The molecule has 7 heteroatoms. The molecule has 0 saturated carbocycles. The molecular weight excluding hydrogens is 267 g/mol. The van der Waals surface area contributed by atoms with Gasteiger partial charge in [-0.1, -0.05) is 6.07 Å². The van der Waals surface area contributed by atoms with E-state index in [2.05, 4.69) is 10.6 Å². The molecule has 6 nitrogen and oxygen atoms in total. The van der Waals surface area contributed by atoms with E-state index in [0.717, 1.165) is 0 Å². The number of carboxylic acids is 1. The smallest absolute Gasteiger partial charge is 0.319 e. The van der Waals surface area contributed by atoms with Crippen molar-refractivity contribution in [3.05, 3.63) is 29.6 Å². The van der Waals surface area contributed by atoms with Gasteiger partial charge in [-0.2, -0.15) is 0 Å². The molecule has 2 rings (SSSR count). The third-order valence-electron chi connectivity index (χ3n) is 3.23. The Morgan fingerprint density at radius 2 is 2.15 bits per heavy atom. The first-order valence-corrected chi connectivity index (χ1v) is 6.12. The maximum absolute atomic E-state index is 13.3. The second-order valence-corrected chi connectivity index (χ2v) is 4.60. The van der Waals surface area contributed by atoms with Crippen LogP contribution in [0.2, 0.25) is 0 Å². The molecule has 2 unspecified atom stereocenters. The van der Waals surface area contributed by atoms with Crippen LogP contribution in [-0.2, 0) is 9.53 Å². The van der Waals surface area contributed by atoms with E-state index in [4.69, 9.17) is 9.84 Å². The number of hydrogen-bond donors (Lipinski definition) is 3. The van der Waals surface area contributed by atoms with E-state index in [1.165, 1.54) is 12.1 Å². The van der Waals surface area contributed by atoms with Gasteiger partial charge in [0.25, 0.3) is 0 Å². The van der Waals surface area contributed by atoms with Gasteiger partial charge in [-0.25, -0.2) is 9.18 Å². The average molecular weight is 282 g/mol. The predicted molar refractivity (Wildman–Crippen MR) is 69.0 cm³/mol. The lowest BCUT2D eigenvalue weighted by Gasteiger charge is -2.17. The van der Waals surface area contributed by atoms with Crippen molar-refractivity contribution >= 4 is 17.7 Å². The zero-order valence-electron chi connectivity index (χ0n) is 10.9. The molecule has 20 heavy (non-hydrogen) atoms. The molecule has 1 fully saturated rings. The summed E-state index contributed by atoms with van der Waals surface area (Å²) in [5.74, 6) is -2.21. The number of carbonyl (C=O) groups is 2. The summed E-state index contributed by atoms with van der Waals surface area (Å²) in [5, 5.41) is 14.0. The Bertz CT molecular complexity index is 535. The number of halogens is 1. The van der Waals surface area contributed by atoms with Crippen molar-refractivity contribution in [1.82, 2.24) is 5.32 Å². The second-order valence-electron chi connectivity index (χ2n) is 4.60. The highest BCUT2D eigenvalue weighted by Gasteiger charge is 2.35. The van der Waals surface area contributed by atoms with E-state index < -0.39 is 29.8 Å². The summed E-state index contributed by atoms with van der Waals surface area (Å²) in [6, 6.07) is 3.17. The number of amides is 2. The van der Waals surface area contributed by atoms with Crippen LogP contribution in [0.5, 0.6) is 0 Å². The Hall–Kier alpha value is -2.15. The fourth-order valence-corrected chi connectivity index (χ4v) is 2.01. The Kier molecular flexibility index (Phi) is 4.19. The first-order valence-electron chi connectivity index (χ1n) is 6.12. The number of aliphatic carboxylic acids is 1. The zero-order valence-corrected chi connectivity index (χ0v) is 10.9. The van der Waals surface area contributed by atoms with Crippen molar-refractivity contribution in [2.75, 3.05) is 18.5 Å². The van der Waals surface area contributed by atoms with Crippen LogP contribution in [0.4, 0.5) is 14.9 Å². The highest BCUT2D eigenvalue weighted by molar-refractivity contribution is 5.90. The van der Waals surface area contributed by atoms with Crippen LogP contribution in [0.1, 0.15) is 5.56 Å². The summed E-state index contributed by atoms with van der Waals surface area (Å²) in [5.41, 5.74) is 0.661. The van der Waals surface area contributed by atoms with Gasteiger partial charge < -0.3 is 20.5 Å². The normalized spacial score (nSPS) is 21.5. The molecule has 0 aromatic heterocycles. The molecule has 0 aliphatic carbocycles. The molecule has 1 aliphatic heterocycles. The maximum Gasteiger partial charge on any atom is 0.319 e. The monoisotopic (exact) mass is 282 g/mol. The van der Waals surface area contributed by atoms with Crippen LogP contribution < -0.4 is 10.6 Å². The standard InChI is InChI=1S/C13H15FN2O4/c1-7-9(14)3-2-4-10(7)15-13(19)16-11-6-20-5-8(11)12(17)18/h2-4,8,11H,5-6H2,1H3,(H,17,18)(H2,15,16,19). The number of urea groups is 1. The molecule has 1 heterocycles. The van der Waals surface area contributed by atoms with Gasteiger partial charge in [-0.05, 0) is 19.1 Å². The summed E-state index contributed by atoms with van der Waals surface area (Å²) in [6.07, 6.45) is 0. The number of carbonyl (C=O) groups excluding carboxylic acids is 1. The Morgan fingerprint density at radius 1 is 1.40 bits per heavy atom. The van der Waals surface area contributed by atoms with Gasteiger partial charge in [0, 0.05) is 11.3 Å². The zero-order chi connectivity index (χ0) is 14.7. The van der Waals surface area contributed by atoms with E-state index in [1.807, 2.05) is 0 Å². The number of anilines is 1. The van der Waals surface area contributed by atoms with Crippen molar-refractivity contribution in [3.63, 3.8) is 0 Å². The molecule has 108 valence electrons. The third-order valence-corrected chi connectivity index (χ3v) is 3.23. The van der Waals surface area contributed by atoms with Crippen LogP contribution >= 0.6 is 0 Å². The molecular formula is C13H15FN2O4. The van der Waals surface area contributed by atoms with E-state index in [-0.39, 0.29) is 13.2 Å².